The molecule has 0 saturated heterocycles. The van der Waals surface area contributed by atoms with Gasteiger partial charge in [-0.25, -0.2) is 4.98 Å². The molecule has 5 nitrogen and oxygen atoms in total. The normalized spacial score (nSPS) is 9.72. The summed E-state index contributed by atoms with van der Waals surface area (Å²) in [6.45, 7) is 0. The maximum absolute atomic E-state index is 10.5. The molecular weight excluding hydrogens is 250 g/mol. The van der Waals surface area contributed by atoms with E-state index in [0.29, 0.717) is 10.6 Å². The highest BCUT2D eigenvalue weighted by molar-refractivity contribution is 7.99. The molecule has 0 amide bonds. The zero-order chi connectivity index (χ0) is 13.0. The number of rotatable bonds is 3. The quantitative estimate of drug-likeness (QED) is 0.623. The lowest BCUT2D eigenvalue weighted by Crippen LogP contribution is -1.88. The molecular formula is C12H7N3O2S. The first-order valence-corrected chi connectivity index (χ1v) is 5.80. The van der Waals surface area contributed by atoms with Gasteiger partial charge in [-0.05, 0) is 24.3 Å². The zero-order valence-electron chi connectivity index (χ0n) is 9.11. The Balaban J connectivity index is 2.24. The standard InChI is InChI=1S/C12H7N3O2S/c13-8-9-2-1-7-14-12(9)18-11-5-3-10(4-6-11)15(16)17/h1-7H. The Morgan fingerprint density at radius 1 is 1.28 bits per heavy atom. The highest BCUT2D eigenvalue weighted by atomic mass is 32.2. The molecule has 6 heteroatoms. The van der Waals surface area contributed by atoms with Crippen LogP contribution < -0.4 is 0 Å². The molecule has 1 aromatic heterocycles. The Morgan fingerprint density at radius 2 is 2.00 bits per heavy atom. The van der Waals surface area contributed by atoms with Gasteiger partial charge in [0.25, 0.3) is 5.69 Å². The van der Waals surface area contributed by atoms with Crippen molar-refractivity contribution in [2.24, 2.45) is 0 Å². The van der Waals surface area contributed by atoms with Crippen LogP contribution in [0.3, 0.4) is 0 Å². The van der Waals surface area contributed by atoms with E-state index in [9.17, 15) is 10.1 Å². The van der Waals surface area contributed by atoms with E-state index >= 15 is 0 Å². The summed E-state index contributed by atoms with van der Waals surface area (Å²) in [6.07, 6.45) is 1.61. The number of benzene rings is 1. The van der Waals surface area contributed by atoms with E-state index in [0.717, 1.165) is 4.90 Å². The van der Waals surface area contributed by atoms with Gasteiger partial charge in [0, 0.05) is 23.2 Å². The fourth-order valence-corrected chi connectivity index (χ4v) is 2.14. The third-order valence-corrected chi connectivity index (χ3v) is 3.18. The first kappa shape index (κ1) is 12.1. The summed E-state index contributed by atoms with van der Waals surface area (Å²) in [5, 5.41) is 20.0. The number of nitriles is 1. The van der Waals surface area contributed by atoms with Crippen LogP contribution in [0.25, 0.3) is 0 Å². The first-order chi connectivity index (χ1) is 8.70. The second-order valence-corrected chi connectivity index (χ2v) is 4.38. The molecule has 0 bridgehead atoms. The Morgan fingerprint density at radius 3 is 2.61 bits per heavy atom. The number of pyridine rings is 1. The average Bonchev–Trinajstić information content (AvgIpc) is 2.40. The van der Waals surface area contributed by atoms with Gasteiger partial charge in [0.1, 0.15) is 11.1 Å². The van der Waals surface area contributed by atoms with Crippen molar-refractivity contribution in [2.75, 3.05) is 0 Å². The molecule has 0 unspecified atom stereocenters. The second-order valence-electron chi connectivity index (χ2n) is 3.32. The van der Waals surface area contributed by atoms with Crippen molar-refractivity contribution in [1.29, 1.82) is 5.26 Å². The number of hydrogen-bond acceptors (Lipinski definition) is 5. The molecule has 88 valence electrons. The van der Waals surface area contributed by atoms with E-state index in [1.54, 1.807) is 30.5 Å². The van der Waals surface area contributed by atoms with Crippen LogP contribution >= 0.6 is 11.8 Å². The van der Waals surface area contributed by atoms with Gasteiger partial charge in [-0.15, -0.1) is 0 Å². The average molecular weight is 257 g/mol. The predicted octanol–water partition coefficient (Wildman–Crippen LogP) is 3.01. The highest BCUT2D eigenvalue weighted by Gasteiger charge is 2.07. The highest BCUT2D eigenvalue weighted by Crippen LogP contribution is 2.29. The number of nitro groups is 1. The summed E-state index contributed by atoms with van der Waals surface area (Å²) in [5.74, 6) is 0. The minimum Gasteiger partial charge on any atom is -0.258 e. The van der Waals surface area contributed by atoms with Gasteiger partial charge in [-0.3, -0.25) is 10.1 Å². The molecule has 2 rings (SSSR count). The van der Waals surface area contributed by atoms with Crippen LogP contribution in [-0.4, -0.2) is 9.91 Å². The van der Waals surface area contributed by atoms with Crippen LogP contribution in [0.1, 0.15) is 5.56 Å². The lowest BCUT2D eigenvalue weighted by Gasteiger charge is -2.01. The van der Waals surface area contributed by atoms with E-state index in [-0.39, 0.29) is 5.69 Å². The van der Waals surface area contributed by atoms with Crippen LogP contribution in [0.15, 0.2) is 52.5 Å². The molecule has 0 aliphatic heterocycles. The Kier molecular flexibility index (Phi) is 3.55. The summed E-state index contributed by atoms with van der Waals surface area (Å²) in [6, 6.07) is 11.6. The first-order valence-electron chi connectivity index (χ1n) is 4.98. The minimum atomic E-state index is -0.448. The van der Waals surface area contributed by atoms with E-state index in [4.69, 9.17) is 5.26 Å². The van der Waals surface area contributed by atoms with Crippen LogP contribution in [0, 0.1) is 21.4 Å². The molecule has 0 saturated carbocycles. The van der Waals surface area contributed by atoms with E-state index in [1.807, 2.05) is 0 Å². The summed E-state index contributed by atoms with van der Waals surface area (Å²) >= 11 is 1.30. The molecule has 0 fully saturated rings. The molecule has 0 aliphatic rings. The molecule has 2 aromatic rings. The predicted molar refractivity (Wildman–Crippen MR) is 66.2 cm³/mol. The van der Waals surface area contributed by atoms with Crippen molar-refractivity contribution in [1.82, 2.24) is 4.98 Å². The zero-order valence-corrected chi connectivity index (χ0v) is 9.92. The molecule has 1 aromatic carbocycles. The molecule has 0 spiro atoms. The molecule has 0 N–H and O–H groups in total. The van der Waals surface area contributed by atoms with Gasteiger partial charge in [0.2, 0.25) is 0 Å². The van der Waals surface area contributed by atoms with Crippen LogP contribution in [0.4, 0.5) is 5.69 Å². The largest absolute Gasteiger partial charge is 0.269 e. The maximum Gasteiger partial charge on any atom is 0.269 e. The topological polar surface area (TPSA) is 79.8 Å². The summed E-state index contributed by atoms with van der Waals surface area (Å²) < 4.78 is 0. The van der Waals surface area contributed by atoms with Crippen molar-refractivity contribution in [3.63, 3.8) is 0 Å². The molecule has 0 radical (unpaired) electrons. The summed E-state index contributed by atoms with van der Waals surface area (Å²) in [5.41, 5.74) is 0.529. The van der Waals surface area contributed by atoms with Crippen molar-refractivity contribution in [3.05, 3.63) is 58.3 Å². The smallest absolute Gasteiger partial charge is 0.258 e. The Labute approximate surface area is 107 Å². The van der Waals surface area contributed by atoms with Crippen LogP contribution in [0.5, 0.6) is 0 Å². The summed E-state index contributed by atoms with van der Waals surface area (Å²) in [7, 11) is 0. The van der Waals surface area contributed by atoms with Crippen molar-refractivity contribution >= 4 is 17.4 Å². The monoisotopic (exact) mass is 257 g/mol. The Bertz CT molecular complexity index is 620. The van der Waals surface area contributed by atoms with Gasteiger partial charge in [-0.2, -0.15) is 5.26 Å². The van der Waals surface area contributed by atoms with Crippen molar-refractivity contribution in [3.8, 4) is 6.07 Å². The second kappa shape index (κ2) is 5.29. The molecule has 0 aliphatic carbocycles. The minimum absolute atomic E-state index is 0.0425. The Hall–Kier alpha value is -2.39. The fourth-order valence-electron chi connectivity index (χ4n) is 1.30. The molecule has 18 heavy (non-hydrogen) atoms. The maximum atomic E-state index is 10.5. The molecule has 1 heterocycles. The van der Waals surface area contributed by atoms with Gasteiger partial charge < -0.3 is 0 Å². The van der Waals surface area contributed by atoms with E-state index in [1.165, 1.54) is 23.9 Å². The van der Waals surface area contributed by atoms with E-state index < -0.39 is 4.92 Å². The number of hydrogen-bond donors (Lipinski definition) is 0. The van der Waals surface area contributed by atoms with Crippen molar-refractivity contribution in [2.45, 2.75) is 9.92 Å². The van der Waals surface area contributed by atoms with Gasteiger partial charge in [-0.1, -0.05) is 11.8 Å². The van der Waals surface area contributed by atoms with E-state index in [2.05, 4.69) is 11.1 Å². The van der Waals surface area contributed by atoms with Crippen molar-refractivity contribution < 1.29 is 4.92 Å². The lowest BCUT2D eigenvalue weighted by atomic mass is 10.3. The lowest BCUT2D eigenvalue weighted by molar-refractivity contribution is -0.384. The number of nitro benzene ring substituents is 1. The third kappa shape index (κ3) is 2.64. The molecule has 0 atom stereocenters. The number of nitrogens with zero attached hydrogens (tertiary/aromatic N) is 3. The fraction of sp³-hybridized carbons (Fsp3) is 0. The van der Waals surface area contributed by atoms with Crippen LogP contribution in [0.2, 0.25) is 0 Å². The van der Waals surface area contributed by atoms with Gasteiger partial charge in [0.05, 0.1) is 10.5 Å². The number of non-ortho nitro benzene ring substituents is 1. The van der Waals surface area contributed by atoms with Gasteiger partial charge in [0.15, 0.2) is 0 Å². The SMILES string of the molecule is N#Cc1cccnc1Sc1ccc([N+](=O)[O-])cc1. The summed E-state index contributed by atoms with van der Waals surface area (Å²) in [4.78, 5) is 15.0. The third-order valence-electron chi connectivity index (χ3n) is 2.15. The number of aromatic nitrogens is 1. The van der Waals surface area contributed by atoms with Gasteiger partial charge >= 0.3 is 0 Å². The van der Waals surface area contributed by atoms with Crippen LogP contribution in [-0.2, 0) is 0 Å².